The van der Waals surface area contributed by atoms with Crippen LogP contribution in [0.4, 0.5) is 0 Å². The van der Waals surface area contributed by atoms with Gasteiger partial charge in [0.1, 0.15) is 13.2 Å². The summed E-state index contributed by atoms with van der Waals surface area (Å²) in [5, 5.41) is 0. The molecule has 0 aliphatic carbocycles. The lowest BCUT2D eigenvalue weighted by Crippen LogP contribution is -2.30. The molecule has 0 spiro atoms. The summed E-state index contributed by atoms with van der Waals surface area (Å²) in [7, 11) is 0. The molecule has 0 heterocycles. The smallest absolute Gasteiger partial charge is 0.306 e. The molecule has 0 aliphatic rings. The quantitative estimate of drug-likeness (QED) is 0.0201. The van der Waals surface area contributed by atoms with Crippen molar-refractivity contribution < 1.29 is 28.6 Å². The van der Waals surface area contributed by atoms with E-state index in [9.17, 15) is 14.4 Å². The predicted octanol–water partition coefficient (Wildman–Crippen LogP) is 15.3. The minimum Gasteiger partial charge on any atom is -0.462 e. The first-order valence-electron chi connectivity index (χ1n) is 23.6. The van der Waals surface area contributed by atoms with Crippen molar-refractivity contribution in [2.45, 2.75) is 213 Å². The van der Waals surface area contributed by atoms with E-state index in [1.54, 1.807) is 0 Å². The average Bonchev–Trinajstić information content (AvgIpc) is 3.22. The van der Waals surface area contributed by atoms with Crippen molar-refractivity contribution in [1.29, 1.82) is 0 Å². The summed E-state index contributed by atoms with van der Waals surface area (Å²) in [6.07, 6.45) is 58.4. The third-order valence-corrected chi connectivity index (χ3v) is 9.74. The summed E-state index contributed by atoms with van der Waals surface area (Å²) < 4.78 is 16.7. The second-order valence-corrected chi connectivity index (χ2v) is 15.4. The topological polar surface area (TPSA) is 78.9 Å². The average molecular weight is 807 g/mol. The Balaban J connectivity index is 4.47. The minimum atomic E-state index is -0.795. The minimum absolute atomic E-state index is 0.0932. The van der Waals surface area contributed by atoms with E-state index in [1.165, 1.54) is 51.4 Å². The van der Waals surface area contributed by atoms with Crippen molar-refractivity contribution in [2.24, 2.45) is 0 Å². The molecular weight excluding hydrogens is 721 g/mol. The van der Waals surface area contributed by atoms with E-state index in [4.69, 9.17) is 14.2 Å². The molecule has 330 valence electrons. The number of carbonyl (C=O) groups is 3. The second kappa shape index (κ2) is 46.3. The van der Waals surface area contributed by atoms with Crippen molar-refractivity contribution in [3.63, 3.8) is 0 Å². The molecule has 0 aromatic rings. The molecule has 0 saturated heterocycles. The fraction of sp³-hybridized carbons (Fsp3) is 0.673. The molecule has 0 aromatic carbocycles. The van der Waals surface area contributed by atoms with Gasteiger partial charge in [-0.05, 0) is 70.6 Å². The number of unbranched alkanes of at least 4 members (excludes halogenated alkanes) is 19. The summed E-state index contributed by atoms with van der Waals surface area (Å²) in [5.74, 6) is -0.945. The lowest BCUT2D eigenvalue weighted by atomic mass is 10.1. The Morgan fingerprint density at radius 2 is 0.759 bits per heavy atom. The zero-order valence-electron chi connectivity index (χ0n) is 37.5. The molecule has 1 atom stereocenters. The van der Waals surface area contributed by atoms with Gasteiger partial charge < -0.3 is 14.2 Å². The maximum absolute atomic E-state index is 12.7. The molecule has 1 unspecified atom stereocenters. The Kier molecular flexibility index (Phi) is 43.6. The van der Waals surface area contributed by atoms with Crippen LogP contribution in [0.5, 0.6) is 0 Å². The fourth-order valence-electron chi connectivity index (χ4n) is 6.23. The highest BCUT2D eigenvalue weighted by Crippen LogP contribution is 2.14. The lowest BCUT2D eigenvalue weighted by Gasteiger charge is -2.18. The molecule has 0 fully saturated rings. The maximum Gasteiger partial charge on any atom is 0.306 e. The van der Waals surface area contributed by atoms with Gasteiger partial charge in [0.2, 0.25) is 0 Å². The SMILES string of the molecule is CC\C=C/C=C\C=C/C=C\CCCCCCCC(=O)OCC(COC(=O)CCCCCCCCCCCCC)OC(=O)CCCCCC/C=C\C/C=C\C/C=C\CC. The van der Waals surface area contributed by atoms with E-state index in [0.717, 1.165) is 116 Å². The zero-order valence-corrected chi connectivity index (χ0v) is 37.5. The Morgan fingerprint density at radius 1 is 0.379 bits per heavy atom. The van der Waals surface area contributed by atoms with Crippen molar-refractivity contribution in [1.82, 2.24) is 0 Å². The number of hydrogen-bond donors (Lipinski definition) is 0. The van der Waals surface area contributed by atoms with E-state index in [0.29, 0.717) is 19.3 Å². The van der Waals surface area contributed by atoms with E-state index in [-0.39, 0.29) is 31.1 Å². The van der Waals surface area contributed by atoms with Crippen LogP contribution in [-0.2, 0) is 28.6 Å². The molecular formula is C52H86O6. The van der Waals surface area contributed by atoms with Gasteiger partial charge >= 0.3 is 17.9 Å². The van der Waals surface area contributed by atoms with Gasteiger partial charge in [-0.25, -0.2) is 0 Å². The number of carbonyl (C=O) groups excluding carboxylic acids is 3. The molecule has 0 rings (SSSR count). The summed E-state index contributed by atoms with van der Waals surface area (Å²) in [6.45, 7) is 6.32. The largest absolute Gasteiger partial charge is 0.462 e. The Hall–Kier alpha value is -3.41. The van der Waals surface area contributed by atoms with Crippen LogP contribution in [0.2, 0.25) is 0 Å². The van der Waals surface area contributed by atoms with Crippen LogP contribution >= 0.6 is 0 Å². The van der Waals surface area contributed by atoms with E-state index < -0.39 is 6.10 Å². The van der Waals surface area contributed by atoms with Gasteiger partial charge in [-0.15, -0.1) is 0 Å². The number of rotatable bonds is 41. The van der Waals surface area contributed by atoms with Crippen LogP contribution in [0.25, 0.3) is 0 Å². The highest BCUT2D eigenvalue weighted by atomic mass is 16.6. The Bertz CT molecular complexity index is 1160. The summed E-state index contributed by atoms with van der Waals surface area (Å²) >= 11 is 0. The summed E-state index contributed by atoms with van der Waals surface area (Å²) in [6, 6.07) is 0. The van der Waals surface area contributed by atoms with Crippen molar-refractivity contribution in [3.05, 3.63) is 85.1 Å². The molecule has 6 nitrogen and oxygen atoms in total. The molecule has 58 heavy (non-hydrogen) atoms. The highest BCUT2D eigenvalue weighted by Gasteiger charge is 2.19. The van der Waals surface area contributed by atoms with Gasteiger partial charge in [-0.2, -0.15) is 0 Å². The molecule has 0 saturated carbocycles. The zero-order chi connectivity index (χ0) is 42.3. The van der Waals surface area contributed by atoms with Crippen molar-refractivity contribution >= 4 is 17.9 Å². The number of esters is 3. The highest BCUT2D eigenvalue weighted by molar-refractivity contribution is 5.71. The predicted molar refractivity (Wildman–Crippen MR) is 247 cm³/mol. The van der Waals surface area contributed by atoms with E-state index in [2.05, 4.69) is 81.5 Å². The Morgan fingerprint density at radius 3 is 1.26 bits per heavy atom. The molecule has 6 heteroatoms. The van der Waals surface area contributed by atoms with Gasteiger partial charge in [-0.1, -0.05) is 202 Å². The molecule has 0 N–H and O–H groups in total. The monoisotopic (exact) mass is 807 g/mol. The standard InChI is InChI=1S/C52H86O6/c1-4-7-10-13-16-19-22-24-26-28-30-33-36-39-42-45-51(54)57-48-49(47-56-50(53)44-41-38-35-32-29-21-18-15-12-9-6-3)58-52(55)46-43-40-37-34-31-27-25-23-20-17-14-11-8-5-2/h7-8,10-11,13,16-17,19-20,22,24-27,49H,4-6,9,12,14-15,18,21,23,28-48H2,1-3H3/b10-7-,11-8-,16-13-,20-17-,22-19-,26-24-,27-25-. The van der Waals surface area contributed by atoms with Crippen LogP contribution in [0, 0.1) is 0 Å². The number of ether oxygens (including phenoxy) is 3. The van der Waals surface area contributed by atoms with Crippen LogP contribution in [0.1, 0.15) is 207 Å². The van der Waals surface area contributed by atoms with Crippen molar-refractivity contribution in [3.8, 4) is 0 Å². The molecule has 0 aromatic heterocycles. The Labute approximate surface area is 356 Å². The van der Waals surface area contributed by atoms with Gasteiger partial charge in [0.05, 0.1) is 0 Å². The maximum atomic E-state index is 12.7. The van der Waals surface area contributed by atoms with Crippen LogP contribution in [0.15, 0.2) is 85.1 Å². The summed E-state index contributed by atoms with van der Waals surface area (Å²) in [4.78, 5) is 37.8. The summed E-state index contributed by atoms with van der Waals surface area (Å²) in [5.41, 5.74) is 0. The van der Waals surface area contributed by atoms with E-state index in [1.807, 2.05) is 24.3 Å². The molecule has 0 aliphatic heterocycles. The van der Waals surface area contributed by atoms with Gasteiger partial charge in [0.25, 0.3) is 0 Å². The van der Waals surface area contributed by atoms with Gasteiger partial charge in [0.15, 0.2) is 6.10 Å². The van der Waals surface area contributed by atoms with Gasteiger partial charge in [0, 0.05) is 19.3 Å². The number of allylic oxidation sites excluding steroid dienone is 14. The molecule has 0 radical (unpaired) electrons. The third-order valence-electron chi connectivity index (χ3n) is 9.74. The first-order chi connectivity index (χ1) is 28.5. The third kappa shape index (κ3) is 43.7. The molecule has 0 bridgehead atoms. The van der Waals surface area contributed by atoms with Crippen LogP contribution < -0.4 is 0 Å². The van der Waals surface area contributed by atoms with Crippen LogP contribution in [0.3, 0.4) is 0 Å². The van der Waals surface area contributed by atoms with Crippen LogP contribution in [-0.4, -0.2) is 37.2 Å². The second-order valence-electron chi connectivity index (χ2n) is 15.4. The van der Waals surface area contributed by atoms with Crippen molar-refractivity contribution in [2.75, 3.05) is 13.2 Å². The first kappa shape index (κ1) is 54.6. The number of hydrogen-bond acceptors (Lipinski definition) is 6. The first-order valence-corrected chi connectivity index (χ1v) is 23.6. The van der Waals surface area contributed by atoms with E-state index >= 15 is 0 Å². The van der Waals surface area contributed by atoms with Gasteiger partial charge in [-0.3, -0.25) is 14.4 Å². The lowest BCUT2D eigenvalue weighted by molar-refractivity contribution is -0.167. The normalized spacial score (nSPS) is 12.8. The fourth-order valence-corrected chi connectivity index (χ4v) is 6.23. The molecule has 0 amide bonds.